The van der Waals surface area contributed by atoms with E-state index in [2.05, 4.69) is 37.1 Å². The maximum absolute atomic E-state index is 12.4. The summed E-state index contributed by atoms with van der Waals surface area (Å²) in [6, 6.07) is 17.5. The minimum atomic E-state index is -0.157. The van der Waals surface area contributed by atoms with Gasteiger partial charge in [0, 0.05) is 63.2 Å². The van der Waals surface area contributed by atoms with Gasteiger partial charge in [0.1, 0.15) is 5.82 Å². The van der Waals surface area contributed by atoms with E-state index in [9.17, 15) is 4.79 Å². The van der Waals surface area contributed by atoms with Crippen LogP contribution in [0.25, 0.3) is 10.8 Å². The fraction of sp³-hybridized carbons (Fsp3) is 0.286. The summed E-state index contributed by atoms with van der Waals surface area (Å²) in [6.07, 6.45) is 2.21. The Bertz CT molecular complexity index is 1440. The van der Waals surface area contributed by atoms with E-state index in [-0.39, 0.29) is 19.1 Å². The van der Waals surface area contributed by atoms with Gasteiger partial charge in [-0.15, -0.1) is 5.10 Å². The monoisotopic (exact) mass is 550 g/mol. The molecule has 0 spiro atoms. The lowest BCUT2D eigenvalue weighted by Gasteiger charge is -2.36. The van der Waals surface area contributed by atoms with Crippen molar-refractivity contribution < 1.29 is 9.90 Å². The Morgan fingerprint density at radius 3 is 2.37 bits per heavy atom. The predicted molar refractivity (Wildman–Crippen MR) is 152 cm³/mol. The largest absolute Gasteiger partial charge is 0.395 e. The van der Waals surface area contributed by atoms with Crippen LogP contribution in [-0.4, -0.2) is 77.5 Å². The van der Waals surface area contributed by atoms with E-state index < -0.39 is 0 Å². The highest BCUT2D eigenvalue weighted by atomic mass is 35.5. The van der Waals surface area contributed by atoms with Gasteiger partial charge in [-0.05, 0) is 29.8 Å². The highest BCUT2D eigenvalue weighted by Gasteiger charge is 2.22. The number of rotatable bonds is 7. The number of likely N-dealkylation sites (N-methyl/N-ethyl adjacent to an activating group) is 1. The van der Waals surface area contributed by atoms with Crippen molar-refractivity contribution in [2.45, 2.75) is 6.42 Å². The number of carbonyl (C=O) groups is 1. The van der Waals surface area contributed by atoms with Crippen molar-refractivity contribution >= 4 is 51.5 Å². The van der Waals surface area contributed by atoms with Gasteiger partial charge in [-0.2, -0.15) is 5.10 Å². The summed E-state index contributed by atoms with van der Waals surface area (Å²) in [5.74, 6) is 1.55. The summed E-state index contributed by atoms with van der Waals surface area (Å²) >= 11 is 12.3. The molecule has 3 heterocycles. The Kier molecular flexibility index (Phi) is 7.93. The number of carbonyl (C=O) groups excluding carboxylic acids is 1. The molecule has 196 valence electrons. The maximum Gasteiger partial charge on any atom is 0.255 e. The molecule has 0 aliphatic carbocycles. The summed E-state index contributed by atoms with van der Waals surface area (Å²) in [7, 11) is 1.66. The summed E-state index contributed by atoms with van der Waals surface area (Å²) in [5.41, 5.74) is 2.43. The van der Waals surface area contributed by atoms with Crippen LogP contribution in [0.1, 0.15) is 21.6 Å². The average molecular weight is 551 g/mol. The fourth-order valence-corrected chi connectivity index (χ4v) is 4.99. The molecule has 1 aliphatic heterocycles. The van der Waals surface area contributed by atoms with Crippen molar-refractivity contribution in [3.05, 3.63) is 87.7 Å². The number of aromatic nitrogens is 3. The lowest BCUT2D eigenvalue weighted by molar-refractivity contribution is 0.0766. The van der Waals surface area contributed by atoms with Gasteiger partial charge in [0.2, 0.25) is 0 Å². The molecule has 1 aliphatic rings. The molecule has 1 saturated heterocycles. The summed E-state index contributed by atoms with van der Waals surface area (Å²) in [6.45, 7) is 3.30. The number of benzene rings is 2. The third kappa shape index (κ3) is 5.53. The average Bonchev–Trinajstić information content (AvgIpc) is 2.95. The SMILES string of the molecule is CN(CCO)C(=O)c1ccc(N2CCN(c3nnc(Cc4ccc(Cl)c(Cl)c4)c4ccccc34)CC2)nc1. The van der Waals surface area contributed by atoms with Crippen molar-refractivity contribution in [1.29, 1.82) is 0 Å². The van der Waals surface area contributed by atoms with E-state index in [0.717, 1.165) is 59.8 Å². The van der Waals surface area contributed by atoms with Gasteiger partial charge in [-0.25, -0.2) is 4.98 Å². The van der Waals surface area contributed by atoms with Crippen molar-refractivity contribution in [3.8, 4) is 0 Å². The van der Waals surface area contributed by atoms with Crippen LogP contribution in [0.5, 0.6) is 0 Å². The van der Waals surface area contributed by atoms with Crippen LogP contribution in [-0.2, 0) is 6.42 Å². The van der Waals surface area contributed by atoms with E-state index in [1.165, 1.54) is 4.90 Å². The Balaban J connectivity index is 1.29. The molecule has 0 bridgehead atoms. The summed E-state index contributed by atoms with van der Waals surface area (Å²) in [5, 5.41) is 21.5. The number of aliphatic hydroxyl groups excluding tert-OH is 1. The normalized spacial score (nSPS) is 13.7. The number of halogens is 2. The number of fused-ring (bicyclic) bond motifs is 1. The zero-order valence-corrected chi connectivity index (χ0v) is 22.5. The molecule has 38 heavy (non-hydrogen) atoms. The van der Waals surface area contributed by atoms with Crippen LogP contribution in [0.3, 0.4) is 0 Å². The number of piperazine rings is 1. The smallest absolute Gasteiger partial charge is 0.255 e. The first-order valence-electron chi connectivity index (χ1n) is 12.4. The fourth-order valence-electron chi connectivity index (χ4n) is 4.67. The lowest BCUT2D eigenvalue weighted by atomic mass is 10.0. The Labute approximate surface area is 231 Å². The second-order valence-corrected chi connectivity index (χ2v) is 10.1. The van der Waals surface area contributed by atoms with Crippen LogP contribution >= 0.6 is 23.2 Å². The third-order valence-corrected chi connectivity index (χ3v) is 7.52. The van der Waals surface area contributed by atoms with Gasteiger partial charge in [0.25, 0.3) is 5.91 Å². The molecule has 0 saturated carbocycles. The van der Waals surface area contributed by atoms with Crippen molar-refractivity contribution in [2.24, 2.45) is 0 Å². The number of nitrogens with zero attached hydrogens (tertiary/aromatic N) is 6. The zero-order valence-electron chi connectivity index (χ0n) is 21.0. The minimum absolute atomic E-state index is 0.0718. The molecule has 8 nitrogen and oxygen atoms in total. The molecule has 2 aromatic heterocycles. The molecular weight excluding hydrogens is 523 g/mol. The van der Waals surface area contributed by atoms with Crippen LogP contribution in [0, 0.1) is 0 Å². The van der Waals surface area contributed by atoms with Crippen LogP contribution in [0.4, 0.5) is 11.6 Å². The number of pyridine rings is 1. The molecular formula is C28H28Cl2N6O2. The van der Waals surface area contributed by atoms with Gasteiger partial charge in [-0.1, -0.05) is 53.5 Å². The molecule has 2 aromatic carbocycles. The molecule has 4 aromatic rings. The van der Waals surface area contributed by atoms with E-state index in [1.54, 1.807) is 25.4 Å². The molecule has 10 heteroatoms. The Morgan fingerprint density at radius 1 is 0.947 bits per heavy atom. The number of aliphatic hydroxyl groups is 1. The van der Waals surface area contributed by atoms with Gasteiger partial charge in [0.15, 0.2) is 5.82 Å². The highest BCUT2D eigenvalue weighted by molar-refractivity contribution is 6.42. The number of anilines is 2. The van der Waals surface area contributed by atoms with Gasteiger partial charge >= 0.3 is 0 Å². The quantitative estimate of drug-likeness (QED) is 0.366. The van der Waals surface area contributed by atoms with Crippen LogP contribution in [0.2, 0.25) is 10.0 Å². The molecule has 1 amide bonds. The Hall–Kier alpha value is -3.46. The maximum atomic E-state index is 12.4. The summed E-state index contributed by atoms with van der Waals surface area (Å²) < 4.78 is 0. The molecule has 1 N–H and O–H groups in total. The molecule has 0 unspecified atom stereocenters. The molecule has 1 fully saturated rings. The second-order valence-electron chi connectivity index (χ2n) is 9.27. The van der Waals surface area contributed by atoms with E-state index in [4.69, 9.17) is 28.3 Å². The first-order chi connectivity index (χ1) is 18.4. The zero-order chi connectivity index (χ0) is 26.6. The van der Waals surface area contributed by atoms with Crippen molar-refractivity contribution in [3.63, 3.8) is 0 Å². The lowest BCUT2D eigenvalue weighted by Crippen LogP contribution is -2.47. The predicted octanol–water partition coefficient (Wildman–Crippen LogP) is 4.31. The standard InChI is InChI=1S/C28H28Cl2N6O2/c1-34(14-15-37)28(38)20-7-9-26(31-18-20)35-10-12-36(13-11-35)27-22-5-3-2-4-21(22)25(32-33-27)17-19-6-8-23(29)24(30)16-19/h2-9,16,18,37H,10-15,17H2,1H3. The number of hydrogen-bond donors (Lipinski definition) is 1. The number of amides is 1. The van der Waals surface area contributed by atoms with Crippen molar-refractivity contribution in [2.75, 3.05) is 56.2 Å². The third-order valence-electron chi connectivity index (χ3n) is 6.78. The molecule has 0 atom stereocenters. The highest BCUT2D eigenvalue weighted by Crippen LogP contribution is 2.30. The van der Waals surface area contributed by atoms with Crippen LogP contribution < -0.4 is 9.80 Å². The first-order valence-corrected chi connectivity index (χ1v) is 13.2. The van der Waals surface area contributed by atoms with E-state index in [0.29, 0.717) is 22.0 Å². The topological polar surface area (TPSA) is 85.7 Å². The first kappa shape index (κ1) is 26.2. The van der Waals surface area contributed by atoms with E-state index in [1.807, 2.05) is 30.3 Å². The van der Waals surface area contributed by atoms with E-state index >= 15 is 0 Å². The summed E-state index contributed by atoms with van der Waals surface area (Å²) in [4.78, 5) is 22.9. The minimum Gasteiger partial charge on any atom is -0.395 e. The van der Waals surface area contributed by atoms with Crippen LogP contribution in [0.15, 0.2) is 60.8 Å². The number of hydrogen-bond acceptors (Lipinski definition) is 7. The van der Waals surface area contributed by atoms with Crippen molar-refractivity contribution in [1.82, 2.24) is 20.1 Å². The molecule has 5 rings (SSSR count). The Morgan fingerprint density at radius 2 is 1.68 bits per heavy atom. The van der Waals surface area contributed by atoms with Gasteiger partial charge < -0.3 is 19.8 Å². The van der Waals surface area contributed by atoms with Gasteiger partial charge in [0.05, 0.1) is 27.9 Å². The van der Waals surface area contributed by atoms with Gasteiger partial charge in [-0.3, -0.25) is 4.79 Å². The molecule has 0 radical (unpaired) electrons. The second kappa shape index (κ2) is 11.5.